The number of carbonyl (C=O) groups excluding carboxylic acids is 1. The minimum atomic E-state index is -0.481. The molecule has 0 N–H and O–H groups in total. The van der Waals surface area contributed by atoms with Gasteiger partial charge in [0.15, 0.2) is 6.61 Å². The number of ether oxygens (including phenoxy) is 2. The maximum Gasteiger partial charge on any atom is 0.349 e. The molecule has 3 rings (SSSR count). The summed E-state index contributed by atoms with van der Waals surface area (Å²) >= 11 is 9.45. The Hall–Kier alpha value is -2.30. The molecule has 0 aliphatic carbocycles. The molecule has 0 aromatic heterocycles. The number of hydrogen-bond donors (Lipinski definition) is 0. The van der Waals surface area contributed by atoms with Crippen LogP contribution in [0.5, 0.6) is 11.5 Å². The second kappa shape index (κ2) is 8.39. The molecule has 0 unspecified atom stereocenters. The van der Waals surface area contributed by atoms with Crippen LogP contribution in [0.4, 0.5) is 0 Å². The molecule has 0 amide bonds. The molecule has 0 saturated heterocycles. The Bertz CT molecular complexity index is 926. The van der Waals surface area contributed by atoms with Crippen LogP contribution < -0.4 is 9.47 Å². The van der Waals surface area contributed by atoms with Crippen molar-refractivity contribution in [2.24, 2.45) is 0 Å². The molecule has 0 heterocycles. The zero-order valence-corrected chi connectivity index (χ0v) is 16.4. The van der Waals surface area contributed by atoms with Crippen LogP contribution in [0.3, 0.4) is 0 Å². The number of esters is 1. The Labute approximate surface area is 165 Å². The van der Waals surface area contributed by atoms with Gasteiger partial charge >= 0.3 is 5.97 Å². The molecule has 0 spiro atoms. The van der Waals surface area contributed by atoms with E-state index in [1.165, 1.54) is 0 Å². The summed E-state index contributed by atoms with van der Waals surface area (Å²) in [4.78, 5) is 12.0. The highest BCUT2D eigenvalue weighted by Crippen LogP contribution is 2.30. The smallest absolute Gasteiger partial charge is 0.349 e. The fraction of sp³-hybridized carbons (Fsp3) is 0.0952. The van der Waals surface area contributed by atoms with Gasteiger partial charge in [-0.1, -0.05) is 48.0 Å². The summed E-state index contributed by atoms with van der Waals surface area (Å²) in [6.45, 7) is 1.66. The fourth-order valence-electron chi connectivity index (χ4n) is 2.41. The van der Waals surface area contributed by atoms with Crippen LogP contribution in [-0.2, 0) is 4.79 Å². The predicted molar refractivity (Wildman–Crippen MR) is 107 cm³/mol. The van der Waals surface area contributed by atoms with Gasteiger partial charge in [0.25, 0.3) is 0 Å². The summed E-state index contributed by atoms with van der Waals surface area (Å²) in [5.41, 5.74) is 3.01. The van der Waals surface area contributed by atoms with Crippen LogP contribution in [0.15, 0.2) is 71.2 Å². The quantitative estimate of drug-likeness (QED) is 0.364. The number of hydrogen-bond acceptors (Lipinski definition) is 3. The monoisotopic (exact) mass is 430 g/mol. The average Bonchev–Trinajstić information content (AvgIpc) is 2.64. The average molecular weight is 432 g/mol. The van der Waals surface area contributed by atoms with E-state index in [2.05, 4.69) is 15.9 Å². The molecule has 0 bridgehead atoms. The SMILES string of the molecule is Cc1cc(OC(=O)COc2ccc(-c3ccccc3)cc2Br)ccc1Cl. The molecule has 0 aliphatic rings. The Morgan fingerprint density at radius 2 is 1.77 bits per heavy atom. The first kappa shape index (κ1) is 18.5. The van der Waals surface area contributed by atoms with Crippen LogP contribution >= 0.6 is 27.5 Å². The molecule has 0 saturated carbocycles. The van der Waals surface area contributed by atoms with Gasteiger partial charge in [-0.3, -0.25) is 0 Å². The molecule has 0 radical (unpaired) electrons. The van der Waals surface area contributed by atoms with Gasteiger partial charge in [-0.25, -0.2) is 4.79 Å². The minimum Gasteiger partial charge on any atom is -0.481 e. The lowest BCUT2D eigenvalue weighted by molar-refractivity contribution is -0.136. The zero-order valence-electron chi connectivity index (χ0n) is 14.0. The van der Waals surface area contributed by atoms with Gasteiger partial charge in [0.2, 0.25) is 0 Å². The molecule has 0 fully saturated rings. The van der Waals surface area contributed by atoms with Gasteiger partial charge in [-0.2, -0.15) is 0 Å². The van der Waals surface area contributed by atoms with E-state index < -0.39 is 5.97 Å². The van der Waals surface area contributed by atoms with Gasteiger partial charge in [0, 0.05) is 5.02 Å². The highest BCUT2D eigenvalue weighted by Gasteiger charge is 2.10. The van der Waals surface area contributed by atoms with E-state index in [0.29, 0.717) is 16.5 Å². The maximum atomic E-state index is 12.0. The summed E-state index contributed by atoms with van der Waals surface area (Å²) in [6.07, 6.45) is 0. The molecule has 0 atom stereocenters. The highest BCUT2D eigenvalue weighted by molar-refractivity contribution is 9.10. The first-order valence-corrected chi connectivity index (χ1v) is 9.14. The number of aryl methyl sites for hydroxylation is 1. The molecular formula is C21H16BrClO3. The summed E-state index contributed by atoms with van der Waals surface area (Å²) in [5, 5.41) is 0.628. The third kappa shape index (κ3) is 4.65. The predicted octanol–water partition coefficient (Wildman–Crippen LogP) is 6.06. The van der Waals surface area contributed by atoms with Crippen LogP contribution in [-0.4, -0.2) is 12.6 Å². The van der Waals surface area contributed by atoms with Crippen molar-refractivity contribution >= 4 is 33.5 Å². The van der Waals surface area contributed by atoms with Gasteiger partial charge < -0.3 is 9.47 Å². The standard InChI is InChI=1S/C21H16BrClO3/c1-14-11-17(8-9-19(14)23)26-21(24)13-25-20-10-7-16(12-18(20)22)15-5-3-2-4-6-15/h2-12H,13H2,1H3. The number of halogens is 2. The van der Waals surface area contributed by atoms with E-state index in [1.807, 2.05) is 55.5 Å². The Morgan fingerprint density at radius 1 is 1.00 bits per heavy atom. The molecule has 26 heavy (non-hydrogen) atoms. The normalized spacial score (nSPS) is 10.4. The molecule has 3 nitrogen and oxygen atoms in total. The molecule has 132 valence electrons. The first-order chi connectivity index (χ1) is 12.5. The van der Waals surface area contributed by atoms with Crippen molar-refractivity contribution in [3.63, 3.8) is 0 Å². The van der Waals surface area contributed by atoms with E-state index in [-0.39, 0.29) is 6.61 Å². The zero-order chi connectivity index (χ0) is 18.5. The third-order valence-corrected chi connectivity index (χ3v) is 4.79. The van der Waals surface area contributed by atoms with Crippen molar-refractivity contribution in [2.45, 2.75) is 6.92 Å². The lowest BCUT2D eigenvalue weighted by Crippen LogP contribution is -2.17. The molecule has 5 heteroatoms. The topological polar surface area (TPSA) is 35.5 Å². The third-order valence-electron chi connectivity index (χ3n) is 3.75. The maximum absolute atomic E-state index is 12.0. The number of benzene rings is 3. The summed E-state index contributed by atoms with van der Waals surface area (Å²) in [5.74, 6) is 0.540. The van der Waals surface area contributed by atoms with Gasteiger partial charge in [-0.15, -0.1) is 0 Å². The fourth-order valence-corrected chi connectivity index (χ4v) is 3.02. The summed E-state index contributed by atoms with van der Waals surface area (Å²) in [6, 6.07) is 20.8. The first-order valence-electron chi connectivity index (χ1n) is 7.97. The molecule has 3 aromatic carbocycles. The molecule has 0 aliphatic heterocycles. The van der Waals surface area contributed by atoms with Crippen molar-refractivity contribution in [1.29, 1.82) is 0 Å². The van der Waals surface area contributed by atoms with Crippen molar-refractivity contribution in [2.75, 3.05) is 6.61 Å². The van der Waals surface area contributed by atoms with Crippen molar-refractivity contribution in [3.05, 3.63) is 81.8 Å². The second-order valence-electron chi connectivity index (χ2n) is 5.68. The van der Waals surface area contributed by atoms with Crippen LogP contribution in [0.2, 0.25) is 5.02 Å². The Kier molecular flexibility index (Phi) is 5.96. The van der Waals surface area contributed by atoms with Gasteiger partial charge in [0.05, 0.1) is 4.47 Å². The van der Waals surface area contributed by atoms with Crippen LogP contribution in [0, 0.1) is 6.92 Å². The highest BCUT2D eigenvalue weighted by atomic mass is 79.9. The number of carbonyl (C=O) groups is 1. The number of rotatable bonds is 5. The summed E-state index contributed by atoms with van der Waals surface area (Å²) in [7, 11) is 0. The van der Waals surface area contributed by atoms with E-state index in [9.17, 15) is 4.79 Å². The minimum absolute atomic E-state index is 0.190. The van der Waals surface area contributed by atoms with E-state index in [1.54, 1.807) is 18.2 Å². The lowest BCUT2D eigenvalue weighted by Gasteiger charge is -2.10. The molecule has 3 aromatic rings. The van der Waals surface area contributed by atoms with Crippen molar-refractivity contribution < 1.29 is 14.3 Å². The van der Waals surface area contributed by atoms with E-state index >= 15 is 0 Å². The van der Waals surface area contributed by atoms with Gasteiger partial charge in [-0.05, 0) is 69.9 Å². The van der Waals surface area contributed by atoms with Crippen LogP contribution in [0.1, 0.15) is 5.56 Å². The van der Waals surface area contributed by atoms with Crippen molar-refractivity contribution in [1.82, 2.24) is 0 Å². The Morgan fingerprint density at radius 3 is 2.46 bits per heavy atom. The second-order valence-corrected chi connectivity index (χ2v) is 6.95. The van der Waals surface area contributed by atoms with Gasteiger partial charge in [0.1, 0.15) is 11.5 Å². The van der Waals surface area contributed by atoms with E-state index in [0.717, 1.165) is 21.2 Å². The van der Waals surface area contributed by atoms with Crippen molar-refractivity contribution in [3.8, 4) is 22.6 Å². The van der Waals surface area contributed by atoms with E-state index in [4.69, 9.17) is 21.1 Å². The summed E-state index contributed by atoms with van der Waals surface area (Å²) < 4.78 is 11.6. The largest absolute Gasteiger partial charge is 0.481 e. The Balaban J connectivity index is 1.62. The molecular weight excluding hydrogens is 416 g/mol. The van der Waals surface area contributed by atoms with Crippen LogP contribution in [0.25, 0.3) is 11.1 Å². The lowest BCUT2D eigenvalue weighted by atomic mass is 10.1.